The Labute approximate surface area is 150 Å². The van der Waals surface area contributed by atoms with Crippen molar-refractivity contribution in [1.29, 1.82) is 0 Å². The molecule has 0 atom stereocenters. The third-order valence-corrected chi connectivity index (χ3v) is 4.79. The van der Waals surface area contributed by atoms with Gasteiger partial charge in [0.25, 0.3) is 11.5 Å². The zero-order valence-electron chi connectivity index (χ0n) is 15.0. The lowest BCUT2D eigenvalue weighted by atomic mass is 9.96. The van der Waals surface area contributed by atoms with E-state index in [-0.39, 0.29) is 22.5 Å². The van der Waals surface area contributed by atoms with Crippen LogP contribution in [0.3, 0.4) is 0 Å². The van der Waals surface area contributed by atoms with E-state index in [1.54, 1.807) is 26.2 Å². The van der Waals surface area contributed by atoms with Gasteiger partial charge in [-0.25, -0.2) is 4.68 Å². The van der Waals surface area contributed by atoms with Crippen molar-refractivity contribution in [2.45, 2.75) is 19.8 Å². The van der Waals surface area contributed by atoms with Crippen LogP contribution < -0.4 is 21.2 Å². The summed E-state index contributed by atoms with van der Waals surface area (Å²) in [7, 11) is 1.63. The Balaban J connectivity index is 1.52. The van der Waals surface area contributed by atoms with E-state index in [0.29, 0.717) is 12.5 Å². The summed E-state index contributed by atoms with van der Waals surface area (Å²) in [5.74, 6) is 0.00340. The van der Waals surface area contributed by atoms with E-state index in [2.05, 4.69) is 20.3 Å². The first-order valence-corrected chi connectivity index (χ1v) is 8.70. The molecule has 0 bridgehead atoms. The van der Waals surface area contributed by atoms with Gasteiger partial charge in [-0.1, -0.05) is 0 Å². The molecule has 138 valence electrons. The van der Waals surface area contributed by atoms with Crippen molar-refractivity contribution < 1.29 is 4.79 Å². The van der Waals surface area contributed by atoms with Crippen LogP contribution in [-0.2, 0) is 7.05 Å². The van der Waals surface area contributed by atoms with Crippen molar-refractivity contribution in [2.75, 3.05) is 24.5 Å². The van der Waals surface area contributed by atoms with Crippen LogP contribution in [0, 0.1) is 12.8 Å². The number of aromatic amines is 1. The molecule has 0 spiro atoms. The molecule has 1 saturated heterocycles. The lowest BCUT2D eigenvalue weighted by Crippen LogP contribution is -2.40. The van der Waals surface area contributed by atoms with Crippen LogP contribution in [0.4, 0.5) is 5.69 Å². The zero-order chi connectivity index (χ0) is 18.7. The molecule has 1 fully saturated rings. The summed E-state index contributed by atoms with van der Waals surface area (Å²) < 4.78 is 1.30. The summed E-state index contributed by atoms with van der Waals surface area (Å²) in [6.45, 7) is 3.92. The molecule has 26 heavy (non-hydrogen) atoms. The van der Waals surface area contributed by atoms with Gasteiger partial charge in [-0.05, 0) is 25.7 Å². The maximum atomic E-state index is 12.2. The molecule has 2 aromatic heterocycles. The number of aryl methyl sites for hydroxylation is 2. The average Bonchev–Trinajstić information content (AvgIpc) is 2.62. The Morgan fingerprint density at radius 1 is 1.31 bits per heavy atom. The van der Waals surface area contributed by atoms with Gasteiger partial charge in [0, 0.05) is 50.7 Å². The van der Waals surface area contributed by atoms with E-state index >= 15 is 0 Å². The van der Waals surface area contributed by atoms with Crippen molar-refractivity contribution in [1.82, 2.24) is 20.1 Å². The number of pyridine rings is 1. The van der Waals surface area contributed by atoms with Gasteiger partial charge in [0.1, 0.15) is 5.56 Å². The predicted octanol–water partition coefficient (Wildman–Crippen LogP) is 0.423. The SMILES string of the molecule is Cc1cc(=O)c(C(=O)NCC2CCN(c3cnn(C)c(=O)c3)CC2)c[nH]1. The number of nitrogens with zero attached hydrogens (tertiary/aromatic N) is 3. The van der Waals surface area contributed by atoms with Crippen LogP contribution in [0.15, 0.2) is 34.1 Å². The van der Waals surface area contributed by atoms with Gasteiger partial charge in [-0.2, -0.15) is 5.10 Å². The normalized spacial score (nSPS) is 15.1. The topological polar surface area (TPSA) is 100 Å². The minimum Gasteiger partial charge on any atom is -0.370 e. The van der Waals surface area contributed by atoms with Crippen LogP contribution in [0.5, 0.6) is 0 Å². The van der Waals surface area contributed by atoms with Crippen molar-refractivity contribution in [2.24, 2.45) is 13.0 Å². The van der Waals surface area contributed by atoms with Crippen LogP contribution in [0.1, 0.15) is 28.9 Å². The molecular weight excluding hydrogens is 334 g/mol. The number of H-pyrrole nitrogens is 1. The standard InChI is InChI=1S/C18H23N5O3/c1-12-7-16(24)15(11-19-12)18(26)20-9-13-3-5-23(6-4-13)14-8-17(25)22(2)21-10-14/h7-8,10-11,13H,3-6,9H2,1-2H3,(H,19,24)(H,20,26). The second-order valence-corrected chi connectivity index (χ2v) is 6.71. The minimum atomic E-state index is -0.343. The van der Waals surface area contributed by atoms with Crippen molar-refractivity contribution in [3.8, 4) is 0 Å². The summed E-state index contributed by atoms with van der Waals surface area (Å²) in [4.78, 5) is 40.8. The summed E-state index contributed by atoms with van der Waals surface area (Å²) in [6.07, 6.45) is 4.96. The largest absolute Gasteiger partial charge is 0.370 e. The molecular formula is C18H23N5O3. The average molecular weight is 357 g/mol. The Hall–Kier alpha value is -2.90. The van der Waals surface area contributed by atoms with Crippen molar-refractivity contribution in [3.63, 3.8) is 0 Å². The van der Waals surface area contributed by atoms with Crippen LogP contribution >= 0.6 is 0 Å². The molecule has 1 aliphatic heterocycles. The number of hydrogen-bond donors (Lipinski definition) is 2. The van der Waals surface area contributed by atoms with Crippen LogP contribution in [0.2, 0.25) is 0 Å². The van der Waals surface area contributed by atoms with Gasteiger partial charge >= 0.3 is 0 Å². The van der Waals surface area contributed by atoms with E-state index in [1.165, 1.54) is 16.9 Å². The molecule has 2 N–H and O–H groups in total. The van der Waals surface area contributed by atoms with Gasteiger partial charge in [0.2, 0.25) is 0 Å². The van der Waals surface area contributed by atoms with Crippen LogP contribution in [0.25, 0.3) is 0 Å². The first-order chi connectivity index (χ1) is 12.4. The molecule has 0 aromatic carbocycles. The Morgan fingerprint density at radius 3 is 2.69 bits per heavy atom. The second kappa shape index (κ2) is 7.55. The summed E-state index contributed by atoms with van der Waals surface area (Å²) in [5, 5.41) is 6.91. The summed E-state index contributed by atoms with van der Waals surface area (Å²) in [6, 6.07) is 3.02. The van der Waals surface area contributed by atoms with Gasteiger partial charge < -0.3 is 15.2 Å². The highest BCUT2D eigenvalue weighted by molar-refractivity contribution is 5.93. The fraction of sp³-hybridized carbons (Fsp3) is 0.444. The van der Waals surface area contributed by atoms with Gasteiger partial charge in [0.15, 0.2) is 5.43 Å². The van der Waals surface area contributed by atoms with E-state index < -0.39 is 0 Å². The first kappa shape index (κ1) is 17.9. The highest BCUT2D eigenvalue weighted by atomic mass is 16.2. The molecule has 3 rings (SSSR count). The third-order valence-electron chi connectivity index (χ3n) is 4.79. The first-order valence-electron chi connectivity index (χ1n) is 8.70. The predicted molar refractivity (Wildman–Crippen MR) is 98.5 cm³/mol. The monoisotopic (exact) mass is 357 g/mol. The number of aromatic nitrogens is 3. The highest BCUT2D eigenvalue weighted by Crippen LogP contribution is 2.21. The number of carbonyl (C=O) groups is 1. The molecule has 0 radical (unpaired) electrons. The van der Waals surface area contributed by atoms with Crippen molar-refractivity contribution in [3.05, 3.63) is 56.4 Å². The minimum absolute atomic E-state index is 0.125. The maximum Gasteiger partial charge on any atom is 0.268 e. The molecule has 8 nitrogen and oxygen atoms in total. The number of amides is 1. The number of nitrogens with one attached hydrogen (secondary N) is 2. The number of anilines is 1. The van der Waals surface area contributed by atoms with Crippen molar-refractivity contribution >= 4 is 11.6 Å². The number of piperidine rings is 1. The zero-order valence-corrected chi connectivity index (χ0v) is 15.0. The Bertz CT molecular complexity index is 910. The quantitative estimate of drug-likeness (QED) is 0.826. The molecule has 3 heterocycles. The smallest absolute Gasteiger partial charge is 0.268 e. The fourth-order valence-corrected chi connectivity index (χ4v) is 3.11. The third kappa shape index (κ3) is 4.01. The maximum absolute atomic E-state index is 12.2. The van der Waals surface area contributed by atoms with E-state index in [1.807, 2.05) is 0 Å². The molecule has 0 unspecified atom stereocenters. The number of rotatable bonds is 4. The lowest BCUT2D eigenvalue weighted by molar-refractivity contribution is 0.0943. The molecule has 8 heteroatoms. The van der Waals surface area contributed by atoms with Gasteiger partial charge in [-0.15, -0.1) is 0 Å². The number of carbonyl (C=O) groups excluding carboxylic acids is 1. The van der Waals surface area contributed by atoms with Gasteiger partial charge in [-0.3, -0.25) is 14.4 Å². The number of hydrogen-bond acceptors (Lipinski definition) is 5. The fourth-order valence-electron chi connectivity index (χ4n) is 3.11. The molecule has 2 aromatic rings. The van der Waals surface area contributed by atoms with Crippen LogP contribution in [-0.4, -0.2) is 40.3 Å². The molecule has 1 aliphatic rings. The molecule has 0 aliphatic carbocycles. The molecule has 0 saturated carbocycles. The van der Waals surface area contributed by atoms with E-state index in [4.69, 9.17) is 0 Å². The van der Waals surface area contributed by atoms with E-state index in [0.717, 1.165) is 37.3 Å². The highest BCUT2D eigenvalue weighted by Gasteiger charge is 2.21. The lowest BCUT2D eigenvalue weighted by Gasteiger charge is -2.33. The summed E-state index contributed by atoms with van der Waals surface area (Å²) >= 11 is 0. The Kier molecular flexibility index (Phi) is 5.20. The second-order valence-electron chi connectivity index (χ2n) is 6.71. The van der Waals surface area contributed by atoms with E-state index in [9.17, 15) is 14.4 Å². The van der Waals surface area contributed by atoms with Gasteiger partial charge in [0.05, 0.1) is 11.9 Å². The summed E-state index contributed by atoms with van der Waals surface area (Å²) in [5.41, 5.74) is 1.30. The Morgan fingerprint density at radius 2 is 2.04 bits per heavy atom. The molecule has 1 amide bonds.